The minimum atomic E-state index is 0.570. The summed E-state index contributed by atoms with van der Waals surface area (Å²) in [6, 6.07) is 8.79. The molecule has 0 atom stereocenters. The molecular formula is C17H22N2O. The van der Waals surface area contributed by atoms with Gasteiger partial charge in [0.2, 0.25) is 0 Å². The van der Waals surface area contributed by atoms with Crippen LogP contribution in [0.3, 0.4) is 0 Å². The van der Waals surface area contributed by atoms with E-state index < -0.39 is 0 Å². The zero-order chi connectivity index (χ0) is 13.8. The lowest BCUT2D eigenvalue weighted by molar-refractivity contribution is 0.443. The molecule has 2 aromatic rings. The summed E-state index contributed by atoms with van der Waals surface area (Å²) in [5.74, 6) is 2.31. The normalized spacial score (nSPS) is 16.4. The van der Waals surface area contributed by atoms with E-state index in [0.29, 0.717) is 13.0 Å². The van der Waals surface area contributed by atoms with Crippen LogP contribution in [-0.4, -0.2) is 11.5 Å². The lowest BCUT2D eigenvalue weighted by Crippen LogP contribution is -2.04. The minimum Gasteiger partial charge on any atom is -0.441 e. The summed E-state index contributed by atoms with van der Waals surface area (Å²) in [4.78, 5) is 4.25. The van der Waals surface area contributed by atoms with E-state index >= 15 is 0 Å². The van der Waals surface area contributed by atoms with Crippen molar-refractivity contribution in [1.82, 2.24) is 4.98 Å². The van der Waals surface area contributed by atoms with Crippen molar-refractivity contribution in [3.8, 4) is 11.3 Å². The molecule has 0 saturated heterocycles. The summed E-state index contributed by atoms with van der Waals surface area (Å²) in [7, 11) is 0. The molecule has 1 fully saturated rings. The smallest absolute Gasteiger partial charge is 0.196 e. The Labute approximate surface area is 120 Å². The topological polar surface area (TPSA) is 52.0 Å². The molecule has 0 unspecified atom stereocenters. The summed E-state index contributed by atoms with van der Waals surface area (Å²) in [6.07, 6.45) is 9.30. The van der Waals surface area contributed by atoms with E-state index in [1.807, 2.05) is 0 Å². The average molecular weight is 270 g/mol. The van der Waals surface area contributed by atoms with Crippen molar-refractivity contribution in [3.05, 3.63) is 41.9 Å². The van der Waals surface area contributed by atoms with Crippen LogP contribution in [0.5, 0.6) is 0 Å². The molecule has 106 valence electrons. The monoisotopic (exact) mass is 270 g/mol. The van der Waals surface area contributed by atoms with Gasteiger partial charge < -0.3 is 10.2 Å². The van der Waals surface area contributed by atoms with Gasteiger partial charge in [-0.3, -0.25) is 0 Å². The average Bonchev–Trinajstić information content (AvgIpc) is 2.97. The molecule has 1 aromatic heterocycles. The molecule has 1 heterocycles. The summed E-state index contributed by atoms with van der Waals surface area (Å²) in [5, 5.41) is 0. The third-order valence-electron chi connectivity index (χ3n) is 4.18. The highest BCUT2D eigenvalue weighted by atomic mass is 16.4. The van der Waals surface area contributed by atoms with Crippen LogP contribution in [0.25, 0.3) is 11.3 Å². The van der Waals surface area contributed by atoms with Crippen molar-refractivity contribution >= 4 is 0 Å². The van der Waals surface area contributed by atoms with Crippen molar-refractivity contribution in [1.29, 1.82) is 0 Å². The number of aromatic nitrogens is 1. The predicted molar refractivity (Wildman–Crippen MR) is 80.5 cm³/mol. The van der Waals surface area contributed by atoms with Gasteiger partial charge in [0.25, 0.3) is 0 Å². The maximum Gasteiger partial charge on any atom is 0.196 e. The molecule has 3 nitrogen and oxygen atoms in total. The number of oxazole rings is 1. The van der Waals surface area contributed by atoms with Crippen LogP contribution in [0, 0.1) is 0 Å². The Morgan fingerprint density at radius 1 is 1.10 bits per heavy atom. The van der Waals surface area contributed by atoms with Gasteiger partial charge in [0.1, 0.15) is 0 Å². The van der Waals surface area contributed by atoms with Gasteiger partial charge in [-0.2, -0.15) is 0 Å². The molecule has 1 aromatic carbocycles. The molecule has 0 radical (unpaired) electrons. The zero-order valence-corrected chi connectivity index (χ0v) is 11.8. The van der Waals surface area contributed by atoms with Crippen LogP contribution in [0.1, 0.15) is 49.5 Å². The fraction of sp³-hybridized carbons (Fsp3) is 0.471. The molecule has 3 rings (SSSR count). The largest absolute Gasteiger partial charge is 0.441 e. The Hall–Kier alpha value is -1.61. The van der Waals surface area contributed by atoms with Gasteiger partial charge in [-0.1, -0.05) is 43.5 Å². The van der Waals surface area contributed by atoms with Crippen LogP contribution < -0.4 is 5.73 Å². The Kier molecular flexibility index (Phi) is 4.16. The lowest BCUT2D eigenvalue weighted by atomic mass is 9.84. The third-order valence-corrected chi connectivity index (χ3v) is 4.18. The molecule has 1 saturated carbocycles. The van der Waals surface area contributed by atoms with Gasteiger partial charge in [-0.15, -0.1) is 0 Å². The zero-order valence-electron chi connectivity index (χ0n) is 11.8. The fourth-order valence-electron chi connectivity index (χ4n) is 3.04. The van der Waals surface area contributed by atoms with Gasteiger partial charge in [0.05, 0.1) is 6.20 Å². The SMILES string of the molecule is NCCc1ncc(-c2ccc(C3CCCCC3)cc2)o1. The first-order valence-corrected chi connectivity index (χ1v) is 7.62. The number of benzene rings is 1. The summed E-state index contributed by atoms with van der Waals surface area (Å²) in [6.45, 7) is 0.570. The number of hydrogen-bond acceptors (Lipinski definition) is 3. The quantitative estimate of drug-likeness (QED) is 0.917. The minimum absolute atomic E-state index is 0.570. The molecule has 20 heavy (non-hydrogen) atoms. The standard InChI is InChI=1S/C17H22N2O/c18-11-10-17-19-12-16(20-17)15-8-6-14(7-9-15)13-4-2-1-3-5-13/h6-9,12-13H,1-5,10-11,18H2. The third kappa shape index (κ3) is 2.93. The van der Waals surface area contributed by atoms with E-state index in [1.54, 1.807) is 6.20 Å². The Morgan fingerprint density at radius 3 is 2.55 bits per heavy atom. The van der Waals surface area contributed by atoms with E-state index in [4.69, 9.17) is 10.2 Å². The molecule has 0 spiro atoms. The van der Waals surface area contributed by atoms with Crippen LogP contribution in [0.15, 0.2) is 34.9 Å². The van der Waals surface area contributed by atoms with E-state index in [2.05, 4.69) is 29.2 Å². The second-order valence-corrected chi connectivity index (χ2v) is 5.61. The maximum atomic E-state index is 5.70. The van der Waals surface area contributed by atoms with E-state index in [1.165, 1.54) is 37.7 Å². The highest BCUT2D eigenvalue weighted by molar-refractivity contribution is 5.56. The van der Waals surface area contributed by atoms with Gasteiger partial charge >= 0.3 is 0 Å². The molecule has 3 heteroatoms. The molecule has 1 aliphatic carbocycles. The lowest BCUT2D eigenvalue weighted by Gasteiger charge is -2.21. The number of hydrogen-bond donors (Lipinski definition) is 1. The van der Waals surface area contributed by atoms with E-state index in [-0.39, 0.29) is 0 Å². The second kappa shape index (κ2) is 6.23. The first-order valence-electron chi connectivity index (χ1n) is 7.62. The van der Waals surface area contributed by atoms with Gasteiger partial charge in [-0.25, -0.2) is 4.98 Å². The molecule has 1 aliphatic rings. The van der Waals surface area contributed by atoms with Crippen LogP contribution in [-0.2, 0) is 6.42 Å². The summed E-state index contributed by atoms with van der Waals surface area (Å²) >= 11 is 0. The van der Waals surface area contributed by atoms with Gasteiger partial charge in [0, 0.05) is 18.5 Å². The first-order chi connectivity index (χ1) is 9.86. The maximum absolute atomic E-state index is 5.70. The molecular weight excluding hydrogens is 248 g/mol. The van der Waals surface area contributed by atoms with Crippen molar-refractivity contribution in [2.75, 3.05) is 6.54 Å². The number of rotatable bonds is 4. The van der Waals surface area contributed by atoms with E-state index in [0.717, 1.165) is 23.1 Å². The summed E-state index contributed by atoms with van der Waals surface area (Å²) in [5.41, 5.74) is 8.08. The molecule has 0 bridgehead atoms. The van der Waals surface area contributed by atoms with Gasteiger partial charge in [-0.05, 0) is 24.3 Å². The van der Waals surface area contributed by atoms with Crippen molar-refractivity contribution in [3.63, 3.8) is 0 Å². The van der Waals surface area contributed by atoms with Crippen molar-refractivity contribution in [2.45, 2.75) is 44.4 Å². The summed E-state index contributed by atoms with van der Waals surface area (Å²) < 4.78 is 5.70. The Bertz CT molecular complexity index is 538. The molecule has 2 N–H and O–H groups in total. The first kappa shape index (κ1) is 13.4. The fourth-order valence-corrected chi connectivity index (χ4v) is 3.04. The molecule has 0 aliphatic heterocycles. The predicted octanol–water partition coefficient (Wildman–Crippen LogP) is 3.89. The molecule has 0 amide bonds. The highest BCUT2D eigenvalue weighted by Gasteiger charge is 2.15. The van der Waals surface area contributed by atoms with Crippen molar-refractivity contribution in [2.24, 2.45) is 5.73 Å². The van der Waals surface area contributed by atoms with Crippen LogP contribution in [0.2, 0.25) is 0 Å². The van der Waals surface area contributed by atoms with Crippen LogP contribution in [0.4, 0.5) is 0 Å². The van der Waals surface area contributed by atoms with Crippen molar-refractivity contribution < 1.29 is 4.42 Å². The van der Waals surface area contributed by atoms with Gasteiger partial charge in [0.15, 0.2) is 11.7 Å². The second-order valence-electron chi connectivity index (χ2n) is 5.61. The Balaban J connectivity index is 1.74. The number of nitrogens with two attached hydrogens (primary N) is 1. The van der Waals surface area contributed by atoms with E-state index in [9.17, 15) is 0 Å². The van der Waals surface area contributed by atoms with Crippen LogP contribution >= 0.6 is 0 Å². The number of nitrogens with zero attached hydrogens (tertiary/aromatic N) is 1. The Morgan fingerprint density at radius 2 is 1.85 bits per heavy atom. The highest BCUT2D eigenvalue weighted by Crippen LogP contribution is 2.33.